The van der Waals surface area contributed by atoms with Crippen LogP contribution in [0.3, 0.4) is 0 Å². The van der Waals surface area contributed by atoms with Gasteiger partial charge in [0, 0.05) is 5.69 Å². The fourth-order valence-corrected chi connectivity index (χ4v) is 2.74. The van der Waals surface area contributed by atoms with Crippen molar-refractivity contribution in [1.29, 1.82) is 0 Å². The SMILES string of the molecule is Cc1ccc2nc(CN(C)CC(=O)Nc3cccc(C(=O)O)c3)[nH]c2c1. The summed E-state index contributed by atoms with van der Waals surface area (Å²) in [6, 6.07) is 12.2. The fourth-order valence-electron chi connectivity index (χ4n) is 2.74. The van der Waals surface area contributed by atoms with Crippen LogP contribution in [0, 0.1) is 6.92 Å². The Hall–Kier alpha value is -3.19. The van der Waals surface area contributed by atoms with Crippen molar-refractivity contribution in [2.75, 3.05) is 18.9 Å². The number of anilines is 1. The molecule has 3 rings (SSSR count). The van der Waals surface area contributed by atoms with Gasteiger partial charge < -0.3 is 15.4 Å². The molecule has 1 aromatic heterocycles. The molecule has 0 atom stereocenters. The zero-order valence-corrected chi connectivity index (χ0v) is 14.6. The molecule has 0 aliphatic carbocycles. The molecule has 0 aliphatic rings. The Morgan fingerprint density at radius 2 is 2.04 bits per heavy atom. The van der Waals surface area contributed by atoms with Crippen molar-refractivity contribution < 1.29 is 14.7 Å². The number of aromatic nitrogens is 2. The van der Waals surface area contributed by atoms with E-state index >= 15 is 0 Å². The molecule has 26 heavy (non-hydrogen) atoms. The molecule has 134 valence electrons. The molecule has 0 unspecified atom stereocenters. The van der Waals surface area contributed by atoms with Crippen molar-refractivity contribution >= 4 is 28.6 Å². The molecule has 7 nitrogen and oxygen atoms in total. The van der Waals surface area contributed by atoms with Crippen LogP contribution in [0.2, 0.25) is 0 Å². The molecule has 0 radical (unpaired) electrons. The van der Waals surface area contributed by atoms with E-state index in [1.807, 2.05) is 37.1 Å². The summed E-state index contributed by atoms with van der Waals surface area (Å²) in [6.07, 6.45) is 0. The molecule has 0 saturated heterocycles. The highest BCUT2D eigenvalue weighted by Crippen LogP contribution is 2.14. The van der Waals surface area contributed by atoms with Crippen LogP contribution in [0.1, 0.15) is 21.7 Å². The fraction of sp³-hybridized carbons (Fsp3) is 0.211. The first-order valence-electron chi connectivity index (χ1n) is 8.18. The Balaban J connectivity index is 1.60. The van der Waals surface area contributed by atoms with Gasteiger partial charge in [-0.2, -0.15) is 0 Å². The third-order valence-electron chi connectivity index (χ3n) is 3.91. The second-order valence-electron chi connectivity index (χ2n) is 6.31. The molecule has 1 amide bonds. The lowest BCUT2D eigenvalue weighted by Gasteiger charge is -2.15. The van der Waals surface area contributed by atoms with Gasteiger partial charge >= 0.3 is 5.97 Å². The number of hydrogen-bond donors (Lipinski definition) is 3. The van der Waals surface area contributed by atoms with Crippen LogP contribution in [0.5, 0.6) is 0 Å². The number of amides is 1. The summed E-state index contributed by atoms with van der Waals surface area (Å²) < 4.78 is 0. The number of nitrogens with one attached hydrogen (secondary N) is 2. The van der Waals surface area contributed by atoms with Crippen molar-refractivity contribution in [1.82, 2.24) is 14.9 Å². The Morgan fingerprint density at radius 3 is 2.81 bits per heavy atom. The summed E-state index contributed by atoms with van der Waals surface area (Å²) in [5.74, 6) is -0.464. The van der Waals surface area contributed by atoms with Crippen LogP contribution in [0.15, 0.2) is 42.5 Å². The average molecular weight is 352 g/mol. The van der Waals surface area contributed by atoms with Gasteiger partial charge in [0.1, 0.15) is 5.82 Å². The number of likely N-dealkylation sites (N-methyl/N-ethyl adjacent to an activating group) is 1. The number of carboxylic acid groups (broad SMARTS) is 1. The smallest absolute Gasteiger partial charge is 0.335 e. The molecule has 2 aromatic carbocycles. The maximum Gasteiger partial charge on any atom is 0.335 e. The lowest BCUT2D eigenvalue weighted by Crippen LogP contribution is -2.30. The maximum atomic E-state index is 12.2. The zero-order valence-electron chi connectivity index (χ0n) is 14.6. The van der Waals surface area contributed by atoms with Gasteiger partial charge in [-0.05, 0) is 49.9 Å². The minimum atomic E-state index is -1.03. The number of rotatable bonds is 6. The number of H-pyrrole nitrogens is 1. The molecule has 0 bridgehead atoms. The van der Waals surface area contributed by atoms with Crippen molar-refractivity contribution in [2.24, 2.45) is 0 Å². The van der Waals surface area contributed by atoms with E-state index < -0.39 is 5.97 Å². The topological polar surface area (TPSA) is 98.3 Å². The van der Waals surface area contributed by atoms with Crippen LogP contribution in [0.4, 0.5) is 5.69 Å². The normalized spacial score (nSPS) is 11.0. The lowest BCUT2D eigenvalue weighted by atomic mass is 10.2. The minimum absolute atomic E-state index is 0.133. The molecule has 0 saturated carbocycles. The summed E-state index contributed by atoms with van der Waals surface area (Å²) in [6.45, 7) is 2.68. The van der Waals surface area contributed by atoms with Gasteiger partial charge in [0.2, 0.25) is 5.91 Å². The van der Waals surface area contributed by atoms with E-state index in [-0.39, 0.29) is 18.0 Å². The highest BCUT2D eigenvalue weighted by atomic mass is 16.4. The monoisotopic (exact) mass is 352 g/mol. The van der Waals surface area contributed by atoms with E-state index in [1.165, 1.54) is 12.1 Å². The van der Waals surface area contributed by atoms with E-state index in [0.29, 0.717) is 12.2 Å². The number of aromatic amines is 1. The van der Waals surface area contributed by atoms with Gasteiger partial charge in [-0.3, -0.25) is 9.69 Å². The number of hydrogen-bond acceptors (Lipinski definition) is 4. The van der Waals surface area contributed by atoms with Crippen LogP contribution in [-0.2, 0) is 11.3 Å². The number of benzene rings is 2. The van der Waals surface area contributed by atoms with Gasteiger partial charge in [-0.25, -0.2) is 9.78 Å². The highest BCUT2D eigenvalue weighted by Gasteiger charge is 2.11. The van der Waals surface area contributed by atoms with Crippen molar-refractivity contribution in [3.8, 4) is 0 Å². The zero-order chi connectivity index (χ0) is 18.7. The number of nitrogens with zero attached hydrogens (tertiary/aromatic N) is 2. The molecule has 3 N–H and O–H groups in total. The highest BCUT2D eigenvalue weighted by molar-refractivity contribution is 5.94. The van der Waals surface area contributed by atoms with Crippen LogP contribution in [0.25, 0.3) is 11.0 Å². The van der Waals surface area contributed by atoms with E-state index in [9.17, 15) is 9.59 Å². The Kier molecular flexibility index (Phi) is 4.99. The first-order chi connectivity index (χ1) is 12.4. The summed E-state index contributed by atoms with van der Waals surface area (Å²) in [7, 11) is 1.83. The van der Waals surface area contributed by atoms with E-state index in [1.54, 1.807) is 12.1 Å². The number of imidazole rings is 1. The number of aromatic carboxylic acids is 1. The van der Waals surface area contributed by atoms with Crippen LogP contribution < -0.4 is 5.32 Å². The Bertz CT molecular complexity index is 964. The predicted octanol–water partition coefficient (Wildman–Crippen LogP) is 2.64. The molecule has 0 spiro atoms. The summed E-state index contributed by atoms with van der Waals surface area (Å²) in [4.78, 5) is 32.8. The summed E-state index contributed by atoms with van der Waals surface area (Å²) in [5.41, 5.74) is 3.62. The molecule has 7 heteroatoms. The average Bonchev–Trinajstić information content (AvgIpc) is 2.95. The Morgan fingerprint density at radius 1 is 1.23 bits per heavy atom. The second kappa shape index (κ2) is 7.37. The largest absolute Gasteiger partial charge is 0.478 e. The predicted molar refractivity (Wildman–Crippen MR) is 99.2 cm³/mol. The van der Waals surface area contributed by atoms with Crippen molar-refractivity contribution in [3.63, 3.8) is 0 Å². The van der Waals surface area contributed by atoms with Gasteiger partial charge in [0.15, 0.2) is 0 Å². The number of carbonyl (C=O) groups excluding carboxylic acids is 1. The molecule has 0 aliphatic heterocycles. The van der Waals surface area contributed by atoms with E-state index in [0.717, 1.165) is 22.4 Å². The van der Waals surface area contributed by atoms with Crippen LogP contribution >= 0.6 is 0 Å². The molecule has 0 fully saturated rings. The van der Waals surface area contributed by atoms with Gasteiger partial charge in [0.25, 0.3) is 0 Å². The quantitative estimate of drug-likeness (QED) is 0.633. The summed E-state index contributed by atoms with van der Waals surface area (Å²) >= 11 is 0. The van der Waals surface area contributed by atoms with Crippen molar-refractivity contribution in [3.05, 3.63) is 59.4 Å². The van der Waals surface area contributed by atoms with Gasteiger partial charge in [0.05, 0.1) is 29.7 Å². The number of carboxylic acids is 1. The number of fused-ring (bicyclic) bond motifs is 1. The lowest BCUT2D eigenvalue weighted by molar-refractivity contribution is -0.117. The number of aryl methyl sites for hydroxylation is 1. The van der Waals surface area contributed by atoms with Crippen molar-refractivity contribution in [2.45, 2.75) is 13.5 Å². The van der Waals surface area contributed by atoms with Gasteiger partial charge in [-0.1, -0.05) is 12.1 Å². The molecular weight excluding hydrogens is 332 g/mol. The maximum absolute atomic E-state index is 12.2. The second-order valence-corrected chi connectivity index (χ2v) is 6.31. The third kappa shape index (κ3) is 4.25. The third-order valence-corrected chi connectivity index (χ3v) is 3.91. The molecule has 1 heterocycles. The first kappa shape index (κ1) is 17.6. The molecular formula is C19H20N4O3. The minimum Gasteiger partial charge on any atom is -0.478 e. The first-order valence-corrected chi connectivity index (χ1v) is 8.18. The standard InChI is InChI=1S/C19H20N4O3/c1-12-6-7-15-16(8-12)22-17(21-15)10-23(2)11-18(24)20-14-5-3-4-13(9-14)19(25)26/h3-9H,10-11H2,1-2H3,(H,20,24)(H,21,22)(H,25,26). The Labute approximate surface area is 150 Å². The molecule has 3 aromatic rings. The van der Waals surface area contributed by atoms with E-state index in [2.05, 4.69) is 15.3 Å². The van der Waals surface area contributed by atoms with Gasteiger partial charge in [-0.15, -0.1) is 0 Å². The number of carbonyl (C=O) groups is 2. The van der Waals surface area contributed by atoms with Crippen LogP contribution in [-0.4, -0.2) is 45.4 Å². The van der Waals surface area contributed by atoms with E-state index in [4.69, 9.17) is 5.11 Å². The summed E-state index contributed by atoms with van der Waals surface area (Å²) in [5, 5.41) is 11.7.